The Hall–Kier alpha value is -0.290. The molecule has 1 aliphatic rings. The molecule has 0 radical (unpaired) electrons. The second-order valence-electron chi connectivity index (χ2n) is 4.31. The summed E-state index contributed by atoms with van der Waals surface area (Å²) in [5.41, 5.74) is -0.208. The monoisotopic (exact) mass is 211 g/mol. The van der Waals surface area contributed by atoms with Crippen LogP contribution in [0.5, 0.6) is 0 Å². The summed E-state index contributed by atoms with van der Waals surface area (Å²) in [6, 6.07) is 0.251. The molecule has 2 nitrogen and oxygen atoms in total. The van der Waals surface area contributed by atoms with Gasteiger partial charge in [-0.3, -0.25) is 0 Å². The number of nitrogens with one attached hydrogen (secondary N) is 1. The van der Waals surface area contributed by atoms with Crippen LogP contribution in [0.1, 0.15) is 20.3 Å². The van der Waals surface area contributed by atoms with Crippen molar-refractivity contribution in [3.63, 3.8) is 0 Å². The molecule has 1 aliphatic carbocycles. The maximum absolute atomic E-state index is 11.9. The molecule has 0 aromatic rings. The van der Waals surface area contributed by atoms with E-state index in [0.717, 1.165) is 0 Å². The Labute approximate surface area is 81.8 Å². The normalized spacial score (nSPS) is 31.3. The van der Waals surface area contributed by atoms with Crippen LogP contribution in [0.3, 0.4) is 0 Å². The summed E-state index contributed by atoms with van der Waals surface area (Å²) in [4.78, 5) is 0. The van der Waals surface area contributed by atoms with Gasteiger partial charge in [-0.15, -0.1) is 0 Å². The Morgan fingerprint density at radius 2 is 2.00 bits per heavy atom. The number of rotatable bonds is 3. The third-order valence-corrected chi connectivity index (χ3v) is 2.97. The molecule has 0 heterocycles. The average molecular weight is 211 g/mol. The summed E-state index contributed by atoms with van der Waals surface area (Å²) in [6.45, 7) is 2.69. The van der Waals surface area contributed by atoms with Gasteiger partial charge in [0.05, 0.1) is 6.10 Å². The van der Waals surface area contributed by atoms with Crippen molar-refractivity contribution < 1.29 is 17.9 Å². The van der Waals surface area contributed by atoms with E-state index in [1.54, 1.807) is 0 Å². The van der Waals surface area contributed by atoms with Crippen LogP contribution in [0.2, 0.25) is 0 Å². The summed E-state index contributed by atoms with van der Waals surface area (Å²) in [7, 11) is 1.81. The molecular formula is C9H16F3NO. The molecule has 2 atom stereocenters. The highest BCUT2D eigenvalue weighted by molar-refractivity contribution is 5.02. The molecule has 0 aliphatic heterocycles. The smallest absolute Gasteiger partial charge is 0.368 e. The molecule has 1 saturated carbocycles. The van der Waals surface area contributed by atoms with Crippen molar-refractivity contribution in [2.75, 3.05) is 13.7 Å². The van der Waals surface area contributed by atoms with Gasteiger partial charge in [-0.25, -0.2) is 0 Å². The minimum atomic E-state index is -4.22. The molecule has 0 saturated heterocycles. The SMILES string of the molecule is CNC1CC(OCC(F)(F)F)C1(C)C. The summed E-state index contributed by atoms with van der Waals surface area (Å²) < 4.78 is 40.4. The molecule has 0 aromatic heterocycles. The zero-order valence-electron chi connectivity index (χ0n) is 8.61. The van der Waals surface area contributed by atoms with Gasteiger partial charge >= 0.3 is 6.18 Å². The molecule has 0 spiro atoms. The highest BCUT2D eigenvalue weighted by Crippen LogP contribution is 2.43. The van der Waals surface area contributed by atoms with Crippen LogP contribution in [0, 0.1) is 5.41 Å². The Morgan fingerprint density at radius 3 is 2.36 bits per heavy atom. The summed E-state index contributed by atoms with van der Waals surface area (Å²) in [5, 5.41) is 3.06. The Morgan fingerprint density at radius 1 is 1.43 bits per heavy atom. The first kappa shape index (κ1) is 11.8. The Balaban J connectivity index is 2.36. The lowest BCUT2D eigenvalue weighted by molar-refractivity contribution is -0.217. The molecule has 2 unspecified atom stereocenters. The fourth-order valence-corrected chi connectivity index (χ4v) is 1.85. The van der Waals surface area contributed by atoms with Gasteiger partial charge in [-0.2, -0.15) is 13.2 Å². The predicted octanol–water partition coefficient (Wildman–Crippen LogP) is 1.95. The first-order valence-electron chi connectivity index (χ1n) is 4.63. The number of halogens is 3. The number of hydrogen-bond acceptors (Lipinski definition) is 2. The zero-order chi connectivity index (χ0) is 11.0. The van der Waals surface area contributed by atoms with Gasteiger partial charge < -0.3 is 10.1 Å². The molecule has 1 fully saturated rings. The fourth-order valence-electron chi connectivity index (χ4n) is 1.85. The first-order chi connectivity index (χ1) is 6.27. The van der Waals surface area contributed by atoms with E-state index in [9.17, 15) is 13.2 Å². The molecule has 5 heteroatoms. The lowest BCUT2D eigenvalue weighted by Gasteiger charge is -2.51. The van der Waals surface area contributed by atoms with Crippen molar-refractivity contribution in [1.29, 1.82) is 0 Å². The molecule has 0 amide bonds. The zero-order valence-corrected chi connectivity index (χ0v) is 8.61. The minimum absolute atomic E-state index is 0.208. The van der Waals surface area contributed by atoms with Crippen molar-refractivity contribution in [2.45, 2.75) is 38.6 Å². The predicted molar refractivity (Wildman–Crippen MR) is 47.0 cm³/mol. The number of ether oxygens (including phenoxy) is 1. The van der Waals surface area contributed by atoms with Crippen molar-refractivity contribution in [2.24, 2.45) is 5.41 Å². The first-order valence-corrected chi connectivity index (χ1v) is 4.63. The van der Waals surface area contributed by atoms with E-state index in [-0.39, 0.29) is 17.6 Å². The maximum atomic E-state index is 11.9. The average Bonchev–Trinajstić information content (AvgIpc) is 2.00. The van der Waals surface area contributed by atoms with Crippen LogP contribution in [-0.4, -0.2) is 32.0 Å². The van der Waals surface area contributed by atoms with Gasteiger partial charge in [0.25, 0.3) is 0 Å². The van der Waals surface area contributed by atoms with Crippen LogP contribution in [0.4, 0.5) is 13.2 Å². The third-order valence-electron chi connectivity index (χ3n) is 2.97. The number of alkyl halides is 3. The van der Waals surface area contributed by atoms with Crippen LogP contribution < -0.4 is 5.32 Å². The van der Waals surface area contributed by atoms with Crippen molar-refractivity contribution in [3.8, 4) is 0 Å². The van der Waals surface area contributed by atoms with Crippen molar-refractivity contribution in [1.82, 2.24) is 5.32 Å². The van der Waals surface area contributed by atoms with Gasteiger partial charge in [-0.05, 0) is 13.5 Å². The molecular weight excluding hydrogens is 195 g/mol. The van der Waals surface area contributed by atoms with Crippen molar-refractivity contribution in [3.05, 3.63) is 0 Å². The lowest BCUT2D eigenvalue weighted by atomic mass is 9.64. The van der Waals surface area contributed by atoms with E-state index < -0.39 is 12.8 Å². The van der Waals surface area contributed by atoms with Crippen LogP contribution in [0.25, 0.3) is 0 Å². The van der Waals surface area contributed by atoms with Gasteiger partial charge in [0.2, 0.25) is 0 Å². The molecule has 84 valence electrons. The van der Waals surface area contributed by atoms with Gasteiger partial charge in [-0.1, -0.05) is 13.8 Å². The summed E-state index contributed by atoms with van der Waals surface area (Å²) >= 11 is 0. The van der Waals surface area contributed by atoms with E-state index >= 15 is 0 Å². The van der Waals surface area contributed by atoms with Crippen LogP contribution >= 0.6 is 0 Å². The van der Waals surface area contributed by atoms with E-state index in [2.05, 4.69) is 5.32 Å². The maximum Gasteiger partial charge on any atom is 0.411 e. The van der Waals surface area contributed by atoms with E-state index in [1.165, 1.54) is 0 Å². The van der Waals surface area contributed by atoms with E-state index in [4.69, 9.17) is 4.74 Å². The van der Waals surface area contributed by atoms with Crippen LogP contribution in [-0.2, 0) is 4.74 Å². The van der Waals surface area contributed by atoms with Crippen LogP contribution in [0.15, 0.2) is 0 Å². The standard InChI is InChI=1S/C9H16F3NO/c1-8(2)6(13-3)4-7(8)14-5-9(10,11)12/h6-7,13H,4-5H2,1-3H3. The molecule has 14 heavy (non-hydrogen) atoms. The summed E-state index contributed by atoms with van der Waals surface area (Å²) in [5.74, 6) is 0. The highest BCUT2D eigenvalue weighted by atomic mass is 19.4. The lowest BCUT2D eigenvalue weighted by Crippen LogP contribution is -2.60. The third kappa shape index (κ3) is 2.39. The fraction of sp³-hybridized carbons (Fsp3) is 1.00. The van der Waals surface area contributed by atoms with Gasteiger partial charge in [0.15, 0.2) is 0 Å². The van der Waals surface area contributed by atoms with Gasteiger partial charge in [0.1, 0.15) is 6.61 Å². The quantitative estimate of drug-likeness (QED) is 0.770. The Bertz CT molecular complexity index is 203. The summed E-state index contributed by atoms with van der Waals surface area (Å²) in [6.07, 6.45) is -3.86. The van der Waals surface area contributed by atoms with E-state index in [0.29, 0.717) is 6.42 Å². The second kappa shape index (κ2) is 3.70. The second-order valence-corrected chi connectivity index (χ2v) is 4.31. The van der Waals surface area contributed by atoms with Crippen molar-refractivity contribution >= 4 is 0 Å². The minimum Gasteiger partial charge on any atom is -0.368 e. The molecule has 0 bridgehead atoms. The molecule has 1 rings (SSSR count). The largest absolute Gasteiger partial charge is 0.411 e. The topological polar surface area (TPSA) is 21.3 Å². The molecule has 1 N–H and O–H groups in total. The van der Waals surface area contributed by atoms with E-state index in [1.807, 2.05) is 20.9 Å². The van der Waals surface area contributed by atoms with Gasteiger partial charge in [0, 0.05) is 11.5 Å². The number of hydrogen-bond donors (Lipinski definition) is 1. The highest BCUT2D eigenvalue weighted by Gasteiger charge is 2.49. The molecule has 0 aromatic carbocycles. The Kier molecular flexibility index (Phi) is 3.11.